The Bertz CT molecular complexity index is 637. The van der Waals surface area contributed by atoms with E-state index in [0.717, 1.165) is 6.42 Å². The average Bonchev–Trinajstić information content (AvgIpc) is 2.66. The predicted octanol–water partition coefficient (Wildman–Crippen LogP) is 2.78. The smallest absolute Gasteiger partial charge is 0.353 e. The number of phenols is 1. The van der Waals surface area contributed by atoms with Gasteiger partial charge in [0.05, 0.1) is 4.92 Å². The number of nitro groups is 1. The van der Waals surface area contributed by atoms with E-state index in [1.165, 1.54) is 16.8 Å². The highest BCUT2D eigenvalue weighted by Crippen LogP contribution is 2.35. The maximum absolute atomic E-state index is 11.2. The molecule has 1 heterocycles. The van der Waals surface area contributed by atoms with Crippen molar-refractivity contribution in [3.8, 4) is 17.4 Å². The van der Waals surface area contributed by atoms with Crippen molar-refractivity contribution in [2.75, 3.05) is 0 Å². The molecule has 0 saturated heterocycles. The van der Waals surface area contributed by atoms with Gasteiger partial charge in [-0.05, 0) is 18.6 Å². The van der Waals surface area contributed by atoms with Crippen molar-refractivity contribution >= 4 is 5.69 Å². The minimum absolute atomic E-state index is 0.0288. The molecule has 106 valence electrons. The lowest BCUT2D eigenvalue weighted by Gasteiger charge is -2.05. The zero-order chi connectivity index (χ0) is 14.7. The summed E-state index contributed by atoms with van der Waals surface area (Å²) in [5, 5.41) is 24.7. The highest BCUT2D eigenvalue weighted by Gasteiger charge is 2.28. The summed E-state index contributed by atoms with van der Waals surface area (Å²) in [6, 6.07) is 6.08. The third-order valence-electron chi connectivity index (χ3n) is 2.74. The molecular weight excluding hydrogens is 262 g/mol. The number of hydrogen-bond donors (Lipinski definition) is 1. The fourth-order valence-electron chi connectivity index (χ4n) is 1.91. The van der Waals surface area contributed by atoms with E-state index in [1.807, 2.05) is 6.92 Å². The number of benzene rings is 1. The SMILES string of the molecule is CCCc1nn(C)c(Oc2cccc(O)c2)c1[N+](=O)[O-]. The van der Waals surface area contributed by atoms with Gasteiger partial charge in [-0.3, -0.25) is 10.1 Å². The number of aromatic hydroxyl groups is 1. The van der Waals surface area contributed by atoms with E-state index >= 15 is 0 Å². The summed E-state index contributed by atoms with van der Waals surface area (Å²) >= 11 is 0. The van der Waals surface area contributed by atoms with Crippen LogP contribution in [0.15, 0.2) is 24.3 Å². The Kier molecular flexibility index (Phi) is 3.88. The van der Waals surface area contributed by atoms with Gasteiger partial charge in [0.1, 0.15) is 17.2 Å². The van der Waals surface area contributed by atoms with Crippen LogP contribution in [0, 0.1) is 10.1 Å². The van der Waals surface area contributed by atoms with Crippen molar-refractivity contribution in [3.63, 3.8) is 0 Å². The quantitative estimate of drug-likeness (QED) is 0.670. The van der Waals surface area contributed by atoms with Crippen molar-refractivity contribution in [2.24, 2.45) is 7.05 Å². The molecule has 0 bridgehead atoms. The zero-order valence-electron chi connectivity index (χ0n) is 11.2. The third kappa shape index (κ3) is 2.71. The lowest BCUT2D eigenvalue weighted by Crippen LogP contribution is -1.97. The monoisotopic (exact) mass is 277 g/mol. The molecule has 0 fully saturated rings. The topological polar surface area (TPSA) is 90.4 Å². The lowest BCUT2D eigenvalue weighted by atomic mass is 10.2. The van der Waals surface area contributed by atoms with Gasteiger partial charge in [-0.25, -0.2) is 4.68 Å². The van der Waals surface area contributed by atoms with Crippen LogP contribution >= 0.6 is 0 Å². The summed E-state index contributed by atoms with van der Waals surface area (Å²) in [5.74, 6) is 0.407. The van der Waals surface area contributed by atoms with E-state index in [9.17, 15) is 15.2 Å². The molecule has 1 N–H and O–H groups in total. The summed E-state index contributed by atoms with van der Waals surface area (Å²) in [6.45, 7) is 1.92. The maximum atomic E-state index is 11.2. The van der Waals surface area contributed by atoms with Gasteiger partial charge in [-0.2, -0.15) is 5.10 Å². The molecule has 2 rings (SSSR count). The predicted molar refractivity (Wildman–Crippen MR) is 72.0 cm³/mol. The van der Waals surface area contributed by atoms with Gasteiger partial charge in [-0.1, -0.05) is 19.4 Å². The van der Waals surface area contributed by atoms with Crippen molar-refractivity contribution in [2.45, 2.75) is 19.8 Å². The van der Waals surface area contributed by atoms with E-state index in [4.69, 9.17) is 4.74 Å². The van der Waals surface area contributed by atoms with Gasteiger partial charge in [0.25, 0.3) is 5.88 Å². The van der Waals surface area contributed by atoms with Crippen LogP contribution in [0.5, 0.6) is 17.4 Å². The summed E-state index contributed by atoms with van der Waals surface area (Å²) in [5.41, 5.74) is 0.271. The zero-order valence-corrected chi connectivity index (χ0v) is 11.2. The number of ether oxygens (including phenoxy) is 1. The molecule has 0 saturated carbocycles. The van der Waals surface area contributed by atoms with Gasteiger partial charge in [-0.15, -0.1) is 0 Å². The largest absolute Gasteiger partial charge is 0.508 e. The molecule has 7 heteroatoms. The fourth-order valence-corrected chi connectivity index (χ4v) is 1.91. The molecule has 1 aromatic heterocycles. The second-order valence-electron chi connectivity index (χ2n) is 4.33. The van der Waals surface area contributed by atoms with E-state index in [1.54, 1.807) is 19.2 Å². The van der Waals surface area contributed by atoms with Gasteiger partial charge in [0, 0.05) is 13.1 Å². The van der Waals surface area contributed by atoms with E-state index in [0.29, 0.717) is 17.9 Å². The van der Waals surface area contributed by atoms with Crippen molar-refractivity contribution in [1.29, 1.82) is 0 Å². The first kappa shape index (κ1) is 13.9. The van der Waals surface area contributed by atoms with Crippen molar-refractivity contribution < 1.29 is 14.8 Å². The van der Waals surface area contributed by atoms with Crippen molar-refractivity contribution in [1.82, 2.24) is 9.78 Å². The molecule has 2 aromatic rings. The molecule has 0 spiro atoms. The fraction of sp³-hybridized carbons (Fsp3) is 0.308. The number of nitrogens with zero attached hydrogens (tertiary/aromatic N) is 3. The first-order chi connectivity index (χ1) is 9.52. The summed E-state index contributed by atoms with van der Waals surface area (Å²) in [7, 11) is 1.59. The Labute approximate surface area is 115 Å². The van der Waals surface area contributed by atoms with Gasteiger partial charge < -0.3 is 9.84 Å². The van der Waals surface area contributed by atoms with Crippen molar-refractivity contribution in [3.05, 3.63) is 40.1 Å². The Morgan fingerprint density at radius 2 is 2.25 bits per heavy atom. The molecule has 0 radical (unpaired) electrons. The normalized spacial score (nSPS) is 10.5. The molecule has 0 unspecified atom stereocenters. The van der Waals surface area contributed by atoms with E-state index < -0.39 is 4.92 Å². The number of rotatable bonds is 5. The molecule has 0 aliphatic heterocycles. The number of hydrogen-bond acceptors (Lipinski definition) is 5. The number of phenolic OH excluding ortho intramolecular Hbond substituents is 1. The van der Waals surface area contributed by atoms with E-state index in [2.05, 4.69) is 5.10 Å². The first-order valence-electron chi connectivity index (χ1n) is 6.20. The Hall–Kier alpha value is -2.57. The van der Waals surface area contributed by atoms with Crippen LogP contribution in [0.4, 0.5) is 5.69 Å². The van der Waals surface area contributed by atoms with E-state index in [-0.39, 0.29) is 17.3 Å². The molecular formula is C13H15N3O4. The third-order valence-corrected chi connectivity index (χ3v) is 2.74. The standard InChI is InChI=1S/C13H15N3O4/c1-3-5-11-12(16(18)19)13(15(2)14-11)20-10-7-4-6-9(17)8-10/h4,6-8,17H,3,5H2,1-2H3. The minimum atomic E-state index is -0.490. The molecule has 0 atom stereocenters. The van der Waals surface area contributed by atoms with Crippen LogP contribution < -0.4 is 4.74 Å². The van der Waals surface area contributed by atoms with Crippen LogP contribution in [0.1, 0.15) is 19.0 Å². The average molecular weight is 277 g/mol. The highest BCUT2D eigenvalue weighted by atomic mass is 16.6. The molecule has 0 amide bonds. The van der Waals surface area contributed by atoms with Crippen LogP contribution in [-0.2, 0) is 13.5 Å². The Morgan fingerprint density at radius 3 is 2.85 bits per heavy atom. The summed E-state index contributed by atoms with van der Waals surface area (Å²) in [4.78, 5) is 10.7. The molecule has 7 nitrogen and oxygen atoms in total. The van der Waals surface area contributed by atoms with Crippen LogP contribution in [0.3, 0.4) is 0 Å². The summed E-state index contributed by atoms with van der Waals surface area (Å²) in [6.07, 6.45) is 1.26. The van der Waals surface area contributed by atoms with Crippen LogP contribution in [0.25, 0.3) is 0 Å². The lowest BCUT2D eigenvalue weighted by molar-refractivity contribution is -0.386. The van der Waals surface area contributed by atoms with Crippen LogP contribution in [0.2, 0.25) is 0 Å². The number of aryl methyl sites for hydroxylation is 2. The second-order valence-corrected chi connectivity index (χ2v) is 4.33. The number of aromatic nitrogens is 2. The molecule has 0 aliphatic carbocycles. The minimum Gasteiger partial charge on any atom is -0.508 e. The summed E-state index contributed by atoms with van der Waals surface area (Å²) < 4.78 is 6.85. The van der Waals surface area contributed by atoms with Gasteiger partial charge >= 0.3 is 5.69 Å². The Morgan fingerprint density at radius 1 is 1.50 bits per heavy atom. The second kappa shape index (κ2) is 5.60. The highest BCUT2D eigenvalue weighted by molar-refractivity contribution is 5.49. The first-order valence-corrected chi connectivity index (χ1v) is 6.20. The van der Waals surface area contributed by atoms with Gasteiger partial charge in [0.2, 0.25) is 0 Å². The molecule has 1 aromatic carbocycles. The van der Waals surface area contributed by atoms with Crippen LogP contribution in [-0.4, -0.2) is 19.8 Å². The maximum Gasteiger partial charge on any atom is 0.353 e. The Balaban J connectivity index is 2.42. The molecule has 20 heavy (non-hydrogen) atoms. The molecule has 0 aliphatic rings. The van der Waals surface area contributed by atoms with Gasteiger partial charge in [0.15, 0.2) is 0 Å².